The van der Waals surface area contributed by atoms with Crippen LogP contribution in [0.3, 0.4) is 0 Å². The topological polar surface area (TPSA) is 81.9 Å². The molecule has 1 aliphatic heterocycles. The second-order valence-corrected chi connectivity index (χ2v) is 8.41. The Morgan fingerprint density at radius 3 is 2.39 bits per heavy atom. The number of rotatable bonds is 5. The summed E-state index contributed by atoms with van der Waals surface area (Å²) in [5.74, 6) is 0.196. The van der Waals surface area contributed by atoms with Gasteiger partial charge in [0.15, 0.2) is 5.17 Å². The SMILES string of the molecule is COC(=O)c1ccc(-n2c(C)cc(C=C3SC(=Nc4ccc(OC)cc4)NC3=O)c2C)cc1. The van der Waals surface area contributed by atoms with Crippen LogP contribution in [-0.4, -0.2) is 35.8 Å². The third-order valence-corrected chi connectivity index (χ3v) is 6.17. The van der Waals surface area contributed by atoms with E-state index >= 15 is 0 Å². The van der Waals surface area contributed by atoms with Gasteiger partial charge < -0.3 is 19.4 Å². The molecule has 0 bridgehead atoms. The maximum atomic E-state index is 12.5. The molecule has 0 spiro atoms. The van der Waals surface area contributed by atoms with E-state index < -0.39 is 0 Å². The van der Waals surface area contributed by atoms with E-state index in [0.29, 0.717) is 15.6 Å². The molecule has 8 heteroatoms. The summed E-state index contributed by atoms with van der Waals surface area (Å²) in [6.07, 6.45) is 1.87. The molecule has 1 amide bonds. The molecule has 1 fully saturated rings. The number of nitrogens with one attached hydrogen (secondary N) is 1. The van der Waals surface area contributed by atoms with Gasteiger partial charge in [0.1, 0.15) is 5.75 Å². The van der Waals surface area contributed by atoms with Gasteiger partial charge in [-0.1, -0.05) is 0 Å². The zero-order chi connectivity index (χ0) is 23.5. The highest BCUT2D eigenvalue weighted by Gasteiger charge is 2.24. The first-order valence-electron chi connectivity index (χ1n) is 10.2. The van der Waals surface area contributed by atoms with Gasteiger partial charge in [0.2, 0.25) is 0 Å². The van der Waals surface area contributed by atoms with Crippen LogP contribution in [0.25, 0.3) is 11.8 Å². The zero-order valence-corrected chi connectivity index (χ0v) is 19.5. The normalized spacial score (nSPS) is 15.7. The fourth-order valence-electron chi connectivity index (χ4n) is 3.59. The molecule has 0 aliphatic carbocycles. The summed E-state index contributed by atoms with van der Waals surface area (Å²) < 4.78 is 12.0. The second kappa shape index (κ2) is 9.38. The Labute approximate surface area is 196 Å². The number of hydrogen-bond acceptors (Lipinski definition) is 6. The van der Waals surface area contributed by atoms with E-state index in [0.717, 1.165) is 34.1 Å². The Balaban J connectivity index is 1.58. The van der Waals surface area contributed by atoms with Gasteiger partial charge >= 0.3 is 5.97 Å². The van der Waals surface area contributed by atoms with Gasteiger partial charge in [0.25, 0.3) is 5.91 Å². The van der Waals surface area contributed by atoms with E-state index in [4.69, 9.17) is 9.47 Å². The van der Waals surface area contributed by atoms with Crippen LogP contribution in [0.4, 0.5) is 5.69 Å². The van der Waals surface area contributed by atoms with Crippen LogP contribution in [0.5, 0.6) is 5.75 Å². The maximum Gasteiger partial charge on any atom is 0.337 e. The Morgan fingerprint density at radius 2 is 1.76 bits per heavy atom. The lowest BCUT2D eigenvalue weighted by Gasteiger charge is -2.10. The van der Waals surface area contributed by atoms with Gasteiger partial charge in [-0.15, -0.1) is 0 Å². The van der Waals surface area contributed by atoms with E-state index in [1.807, 2.05) is 62.4 Å². The number of carbonyl (C=O) groups excluding carboxylic acids is 2. The molecule has 2 heterocycles. The highest BCUT2D eigenvalue weighted by Crippen LogP contribution is 2.31. The van der Waals surface area contributed by atoms with Crippen molar-refractivity contribution in [2.75, 3.05) is 14.2 Å². The molecule has 3 aromatic rings. The summed E-state index contributed by atoms with van der Waals surface area (Å²) in [5.41, 5.74) is 5.09. The van der Waals surface area contributed by atoms with Crippen LogP contribution >= 0.6 is 11.8 Å². The molecule has 1 aliphatic rings. The van der Waals surface area contributed by atoms with Crippen LogP contribution in [-0.2, 0) is 9.53 Å². The van der Waals surface area contributed by atoms with Crippen LogP contribution < -0.4 is 10.1 Å². The highest BCUT2D eigenvalue weighted by molar-refractivity contribution is 8.18. The van der Waals surface area contributed by atoms with Gasteiger partial charge in [0, 0.05) is 17.1 Å². The molecule has 0 atom stereocenters. The average molecular weight is 462 g/mol. The fraction of sp³-hybridized carbons (Fsp3) is 0.160. The second-order valence-electron chi connectivity index (χ2n) is 7.38. The van der Waals surface area contributed by atoms with Crippen molar-refractivity contribution in [1.29, 1.82) is 0 Å². The molecule has 4 rings (SSSR count). The standard InChI is InChI=1S/C25H23N3O4S/c1-15-13-18(16(2)28(15)20-9-5-17(6-10-20)24(30)32-4)14-22-23(29)27-25(33-22)26-19-7-11-21(31-3)12-8-19/h5-14H,1-4H3,(H,26,27,29). The van der Waals surface area contributed by atoms with E-state index in [9.17, 15) is 9.59 Å². The number of methoxy groups -OCH3 is 2. The van der Waals surface area contributed by atoms with Crippen molar-refractivity contribution in [2.24, 2.45) is 4.99 Å². The van der Waals surface area contributed by atoms with Crippen molar-refractivity contribution in [3.05, 3.63) is 82.0 Å². The van der Waals surface area contributed by atoms with E-state index in [2.05, 4.69) is 14.9 Å². The molecule has 33 heavy (non-hydrogen) atoms. The van der Waals surface area contributed by atoms with Gasteiger partial charge in [-0.25, -0.2) is 9.79 Å². The third kappa shape index (κ3) is 4.70. The first-order chi connectivity index (χ1) is 15.9. The van der Waals surface area contributed by atoms with E-state index in [-0.39, 0.29) is 11.9 Å². The van der Waals surface area contributed by atoms with E-state index in [1.165, 1.54) is 18.9 Å². The molecule has 1 saturated heterocycles. The van der Waals surface area contributed by atoms with Crippen molar-refractivity contribution in [3.8, 4) is 11.4 Å². The maximum absolute atomic E-state index is 12.5. The van der Waals surface area contributed by atoms with Crippen LogP contribution in [0.1, 0.15) is 27.3 Å². The summed E-state index contributed by atoms with van der Waals surface area (Å²) in [6, 6.07) is 16.6. The van der Waals surface area contributed by atoms with Crippen LogP contribution in [0.2, 0.25) is 0 Å². The Bertz CT molecular complexity index is 1270. The molecule has 1 N–H and O–H groups in total. The number of thioether (sulfide) groups is 1. The summed E-state index contributed by atoms with van der Waals surface area (Å²) in [6.45, 7) is 4.00. The Kier molecular flexibility index (Phi) is 6.37. The van der Waals surface area contributed by atoms with Crippen molar-refractivity contribution in [3.63, 3.8) is 0 Å². The molecule has 2 aromatic carbocycles. The molecule has 7 nitrogen and oxygen atoms in total. The number of esters is 1. The monoisotopic (exact) mass is 461 g/mol. The number of nitrogens with zero attached hydrogens (tertiary/aromatic N) is 2. The first-order valence-corrected chi connectivity index (χ1v) is 11.0. The number of aliphatic imine (C=N–C) groups is 1. The Morgan fingerprint density at radius 1 is 1.06 bits per heavy atom. The lowest BCUT2D eigenvalue weighted by Crippen LogP contribution is -2.19. The summed E-state index contributed by atoms with van der Waals surface area (Å²) in [4.78, 5) is 29.3. The minimum Gasteiger partial charge on any atom is -0.497 e. The van der Waals surface area contributed by atoms with Gasteiger partial charge in [0.05, 0.1) is 30.4 Å². The van der Waals surface area contributed by atoms with Crippen molar-refractivity contribution in [1.82, 2.24) is 9.88 Å². The fourth-order valence-corrected chi connectivity index (χ4v) is 4.42. The summed E-state index contributed by atoms with van der Waals surface area (Å²) in [5, 5.41) is 3.35. The predicted octanol–water partition coefficient (Wildman–Crippen LogP) is 4.78. The van der Waals surface area contributed by atoms with Crippen molar-refractivity contribution < 1.29 is 19.1 Å². The molecule has 0 saturated carbocycles. The van der Waals surface area contributed by atoms with Gasteiger partial charge in [-0.3, -0.25) is 4.79 Å². The first kappa shape index (κ1) is 22.4. The van der Waals surface area contributed by atoms with Crippen LogP contribution in [0.15, 0.2) is 64.5 Å². The third-order valence-electron chi connectivity index (χ3n) is 5.26. The predicted molar refractivity (Wildman–Crippen MR) is 130 cm³/mol. The van der Waals surface area contributed by atoms with E-state index in [1.54, 1.807) is 19.2 Å². The number of aromatic nitrogens is 1. The molecule has 0 unspecified atom stereocenters. The van der Waals surface area contributed by atoms with Gasteiger partial charge in [-0.05, 0) is 91.8 Å². The van der Waals surface area contributed by atoms with Crippen molar-refractivity contribution >= 4 is 40.6 Å². The average Bonchev–Trinajstić information content (AvgIpc) is 3.31. The number of hydrogen-bond donors (Lipinski definition) is 1. The number of ether oxygens (including phenoxy) is 2. The number of amides is 1. The molecular weight excluding hydrogens is 438 g/mol. The largest absolute Gasteiger partial charge is 0.497 e. The number of aryl methyl sites for hydroxylation is 1. The number of carbonyl (C=O) groups is 2. The number of benzene rings is 2. The van der Waals surface area contributed by atoms with Gasteiger partial charge in [-0.2, -0.15) is 0 Å². The Hall–Kier alpha value is -3.78. The summed E-state index contributed by atoms with van der Waals surface area (Å²) in [7, 11) is 2.97. The molecule has 1 aromatic heterocycles. The smallest absolute Gasteiger partial charge is 0.337 e. The zero-order valence-electron chi connectivity index (χ0n) is 18.7. The number of amidine groups is 1. The minimum absolute atomic E-state index is 0.181. The lowest BCUT2D eigenvalue weighted by molar-refractivity contribution is -0.115. The lowest BCUT2D eigenvalue weighted by atomic mass is 10.2. The summed E-state index contributed by atoms with van der Waals surface area (Å²) >= 11 is 1.30. The quantitative estimate of drug-likeness (QED) is 0.437. The minimum atomic E-state index is -0.371. The highest BCUT2D eigenvalue weighted by atomic mass is 32.2. The van der Waals surface area contributed by atoms with Crippen molar-refractivity contribution in [2.45, 2.75) is 13.8 Å². The molecular formula is C25H23N3O4S. The molecule has 0 radical (unpaired) electrons. The van der Waals surface area contributed by atoms with Crippen LogP contribution in [0, 0.1) is 13.8 Å². The molecule has 168 valence electrons.